The summed E-state index contributed by atoms with van der Waals surface area (Å²) in [6.07, 6.45) is 1.69. The molecule has 1 aliphatic rings. The van der Waals surface area contributed by atoms with E-state index in [0.29, 0.717) is 17.8 Å². The summed E-state index contributed by atoms with van der Waals surface area (Å²) in [4.78, 5) is 37.8. The number of amides is 1. The summed E-state index contributed by atoms with van der Waals surface area (Å²) in [5, 5.41) is 3.63. The molecule has 180 valence electrons. The smallest absolute Gasteiger partial charge is 0.260 e. The highest BCUT2D eigenvalue weighted by molar-refractivity contribution is 7.19. The van der Waals surface area contributed by atoms with Crippen LogP contribution in [0.25, 0.3) is 21.3 Å². The molecule has 1 aliphatic heterocycles. The molecule has 0 bridgehead atoms. The Kier molecular flexibility index (Phi) is 6.40. The Morgan fingerprint density at radius 3 is 2.63 bits per heavy atom. The molecule has 2 aromatic carbocycles. The normalized spacial score (nSPS) is 16.0. The van der Waals surface area contributed by atoms with E-state index < -0.39 is 0 Å². The Morgan fingerprint density at radius 2 is 1.91 bits per heavy atom. The first kappa shape index (κ1) is 23.3. The van der Waals surface area contributed by atoms with Gasteiger partial charge in [0.2, 0.25) is 5.91 Å². The molecule has 0 saturated carbocycles. The molecule has 1 unspecified atom stereocenters. The third-order valence-electron chi connectivity index (χ3n) is 6.50. The van der Waals surface area contributed by atoms with Crippen molar-refractivity contribution in [2.75, 3.05) is 19.0 Å². The van der Waals surface area contributed by atoms with Gasteiger partial charge in [0.05, 0.1) is 25.1 Å². The summed E-state index contributed by atoms with van der Waals surface area (Å²) in [7, 11) is 1.61. The minimum atomic E-state index is -0.272. The number of fused-ring (bicyclic) bond motifs is 1. The molecule has 35 heavy (non-hydrogen) atoms. The van der Waals surface area contributed by atoms with E-state index in [9.17, 15) is 9.59 Å². The van der Waals surface area contributed by atoms with Gasteiger partial charge >= 0.3 is 0 Å². The number of nitrogens with zero attached hydrogens (tertiary/aromatic N) is 2. The van der Waals surface area contributed by atoms with Crippen LogP contribution in [0.2, 0.25) is 0 Å². The predicted molar refractivity (Wildman–Crippen MR) is 140 cm³/mol. The summed E-state index contributed by atoms with van der Waals surface area (Å²) in [5.74, 6) is 1.28. The fourth-order valence-electron chi connectivity index (χ4n) is 4.71. The number of nitrogens with one attached hydrogen (secondary N) is 2. The van der Waals surface area contributed by atoms with Crippen LogP contribution in [0.15, 0.2) is 53.3 Å². The molecular formula is C27H28N4O3S. The molecule has 2 aromatic heterocycles. The van der Waals surface area contributed by atoms with E-state index in [1.165, 1.54) is 16.9 Å². The number of methoxy groups -OCH3 is 1. The zero-order valence-electron chi connectivity index (χ0n) is 20.1. The summed E-state index contributed by atoms with van der Waals surface area (Å²) < 4.78 is 5.18. The zero-order valence-corrected chi connectivity index (χ0v) is 20.9. The Balaban J connectivity index is 1.37. The maximum Gasteiger partial charge on any atom is 0.260 e. The average Bonchev–Trinajstić information content (AvgIpc) is 3.44. The molecule has 7 nitrogen and oxygen atoms in total. The van der Waals surface area contributed by atoms with E-state index in [-0.39, 0.29) is 17.5 Å². The van der Waals surface area contributed by atoms with Crippen molar-refractivity contribution in [2.45, 2.75) is 39.3 Å². The number of anilines is 1. The maximum absolute atomic E-state index is 13.2. The van der Waals surface area contributed by atoms with Crippen LogP contribution < -0.4 is 15.6 Å². The number of thiophene rings is 1. The molecule has 3 heterocycles. The van der Waals surface area contributed by atoms with E-state index in [1.807, 2.05) is 50.2 Å². The first-order valence-electron chi connectivity index (χ1n) is 11.7. The Hall–Kier alpha value is -3.49. The standard InChI is InChI=1S/C27H28N4O3S/c1-16-6-8-18(9-7-16)23-17(2)35-27-24(23)26(33)29-22(30-27)15-31-14-4-5-21(31)25(32)28-19-10-12-20(34-3)13-11-19/h6-13,21H,4-5,14-15H2,1-3H3,(H,28,32)(H,29,30,33). The van der Waals surface area contributed by atoms with Crippen LogP contribution >= 0.6 is 11.3 Å². The lowest BCUT2D eigenvalue weighted by molar-refractivity contribution is -0.120. The number of likely N-dealkylation sites (tertiary alicyclic amines) is 1. The van der Waals surface area contributed by atoms with E-state index in [2.05, 4.69) is 27.3 Å². The van der Waals surface area contributed by atoms with Gasteiger partial charge in [-0.3, -0.25) is 14.5 Å². The van der Waals surface area contributed by atoms with E-state index in [1.54, 1.807) is 7.11 Å². The topological polar surface area (TPSA) is 87.3 Å². The van der Waals surface area contributed by atoms with Crippen LogP contribution in [0.5, 0.6) is 5.75 Å². The number of hydrogen-bond acceptors (Lipinski definition) is 6. The minimum Gasteiger partial charge on any atom is -0.497 e. The Morgan fingerprint density at radius 1 is 1.17 bits per heavy atom. The Bertz CT molecular complexity index is 1420. The van der Waals surface area contributed by atoms with Crippen LogP contribution in [0, 0.1) is 13.8 Å². The summed E-state index contributed by atoms with van der Waals surface area (Å²) in [6.45, 7) is 5.27. The molecule has 0 radical (unpaired) electrons. The second-order valence-electron chi connectivity index (χ2n) is 8.94. The van der Waals surface area contributed by atoms with Gasteiger partial charge in [0.15, 0.2) is 0 Å². The molecular weight excluding hydrogens is 460 g/mol. The molecule has 5 rings (SSSR count). The average molecular weight is 489 g/mol. The van der Waals surface area contributed by atoms with Crippen molar-refractivity contribution >= 4 is 33.1 Å². The lowest BCUT2D eigenvalue weighted by Crippen LogP contribution is -2.39. The number of rotatable bonds is 6. The lowest BCUT2D eigenvalue weighted by Gasteiger charge is -2.23. The van der Waals surface area contributed by atoms with E-state index in [0.717, 1.165) is 51.7 Å². The van der Waals surface area contributed by atoms with Crippen molar-refractivity contribution in [1.82, 2.24) is 14.9 Å². The van der Waals surface area contributed by atoms with Gasteiger partial charge in [-0.1, -0.05) is 29.8 Å². The predicted octanol–water partition coefficient (Wildman–Crippen LogP) is 4.88. The van der Waals surface area contributed by atoms with Gasteiger partial charge in [-0.25, -0.2) is 4.98 Å². The first-order valence-corrected chi connectivity index (χ1v) is 12.5. The van der Waals surface area contributed by atoms with Crippen molar-refractivity contribution < 1.29 is 9.53 Å². The third kappa shape index (κ3) is 4.72. The molecule has 2 N–H and O–H groups in total. The molecule has 1 fully saturated rings. The zero-order chi connectivity index (χ0) is 24.5. The second kappa shape index (κ2) is 9.64. The quantitative estimate of drug-likeness (QED) is 0.404. The van der Waals surface area contributed by atoms with Gasteiger partial charge in [0, 0.05) is 16.1 Å². The highest BCUT2D eigenvalue weighted by Gasteiger charge is 2.31. The number of aromatic nitrogens is 2. The van der Waals surface area contributed by atoms with Crippen molar-refractivity contribution in [2.24, 2.45) is 0 Å². The molecule has 4 aromatic rings. The van der Waals surface area contributed by atoms with Crippen molar-refractivity contribution in [3.8, 4) is 16.9 Å². The highest BCUT2D eigenvalue weighted by Crippen LogP contribution is 2.35. The van der Waals surface area contributed by atoms with Crippen LogP contribution in [-0.4, -0.2) is 40.5 Å². The number of carbonyl (C=O) groups is 1. The third-order valence-corrected chi connectivity index (χ3v) is 7.50. The molecule has 1 amide bonds. The number of ether oxygens (including phenoxy) is 1. The van der Waals surface area contributed by atoms with E-state index in [4.69, 9.17) is 9.72 Å². The van der Waals surface area contributed by atoms with Gasteiger partial charge in [0.1, 0.15) is 16.4 Å². The minimum absolute atomic E-state index is 0.0512. The molecule has 1 saturated heterocycles. The van der Waals surface area contributed by atoms with Crippen LogP contribution in [0.3, 0.4) is 0 Å². The first-order chi connectivity index (χ1) is 16.9. The van der Waals surface area contributed by atoms with Gasteiger partial charge in [0.25, 0.3) is 5.56 Å². The SMILES string of the molecule is COc1ccc(NC(=O)C2CCCN2Cc2nc3sc(C)c(-c4ccc(C)cc4)c3c(=O)[nH]2)cc1. The van der Waals surface area contributed by atoms with Crippen molar-refractivity contribution in [1.29, 1.82) is 0 Å². The number of aromatic amines is 1. The maximum atomic E-state index is 13.2. The van der Waals surface area contributed by atoms with Crippen molar-refractivity contribution in [3.63, 3.8) is 0 Å². The van der Waals surface area contributed by atoms with Crippen LogP contribution in [-0.2, 0) is 11.3 Å². The number of H-pyrrole nitrogens is 1. The molecule has 0 aliphatic carbocycles. The molecule has 1 atom stereocenters. The van der Waals surface area contributed by atoms with Crippen LogP contribution in [0.1, 0.15) is 29.1 Å². The Labute approximate surface area is 207 Å². The largest absolute Gasteiger partial charge is 0.497 e. The fourth-order valence-corrected chi connectivity index (χ4v) is 5.78. The lowest BCUT2D eigenvalue weighted by atomic mass is 10.0. The number of benzene rings is 2. The summed E-state index contributed by atoms with van der Waals surface area (Å²) >= 11 is 1.54. The number of aryl methyl sites for hydroxylation is 2. The van der Waals surface area contributed by atoms with Gasteiger partial charge in [-0.05, 0) is 63.1 Å². The number of hydrogen-bond donors (Lipinski definition) is 2. The monoisotopic (exact) mass is 488 g/mol. The summed E-state index contributed by atoms with van der Waals surface area (Å²) in [6, 6.07) is 15.2. The van der Waals surface area contributed by atoms with Crippen molar-refractivity contribution in [3.05, 3.63) is 75.1 Å². The second-order valence-corrected chi connectivity index (χ2v) is 10.1. The van der Waals surface area contributed by atoms with E-state index >= 15 is 0 Å². The number of carbonyl (C=O) groups excluding carboxylic acids is 1. The van der Waals surface area contributed by atoms with Gasteiger partial charge in [-0.15, -0.1) is 11.3 Å². The van der Waals surface area contributed by atoms with Gasteiger partial charge < -0.3 is 15.0 Å². The summed E-state index contributed by atoms with van der Waals surface area (Å²) in [5.41, 5.74) is 3.74. The molecule has 8 heteroatoms. The molecule has 0 spiro atoms. The van der Waals surface area contributed by atoms with Crippen LogP contribution in [0.4, 0.5) is 5.69 Å². The van der Waals surface area contributed by atoms with Gasteiger partial charge in [-0.2, -0.15) is 0 Å². The highest BCUT2D eigenvalue weighted by atomic mass is 32.1. The fraction of sp³-hybridized carbons (Fsp3) is 0.296.